The predicted molar refractivity (Wildman–Crippen MR) is 77.5 cm³/mol. The minimum absolute atomic E-state index is 0.0988. The lowest BCUT2D eigenvalue weighted by molar-refractivity contribution is 0.519. The Labute approximate surface area is 118 Å². The van der Waals surface area contributed by atoms with E-state index in [0.717, 1.165) is 16.9 Å². The van der Waals surface area contributed by atoms with E-state index in [-0.39, 0.29) is 16.1 Å². The summed E-state index contributed by atoms with van der Waals surface area (Å²) in [7, 11) is 0. The van der Waals surface area contributed by atoms with Gasteiger partial charge < -0.3 is 0 Å². The van der Waals surface area contributed by atoms with E-state index in [1.54, 1.807) is 6.20 Å². The first-order chi connectivity index (χ1) is 8.59. The number of halogens is 1. The first-order valence-electron chi connectivity index (χ1n) is 6.30. The average molecular weight is 279 g/mol. The van der Waals surface area contributed by atoms with Crippen LogP contribution in [0.25, 0.3) is 11.0 Å². The molecule has 0 fully saturated rings. The lowest BCUT2D eigenvalue weighted by Crippen LogP contribution is -2.22. The molecule has 2 aromatic heterocycles. The molecule has 5 heteroatoms. The lowest BCUT2D eigenvalue weighted by Gasteiger charge is -2.23. The Kier molecular flexibility index (Phi) is 3.25. The van der Waals surface area contributed by atoms with Gasteiger partial charge in [0, 0.05) is 17.0 Å². The van der Waals surface area contributed by atoms with Gasteiger partial charge in [0.05, 0.1) is 11.1 Å². The van der Waals surface area contributed by atoms with Crippen LogP contribution in [0.3, 0.4) is 0 Å². The van der Waals surface area contributed by atoms with Crippen LogP contribution in [0, 0.1) is 0 Å². The highest BCUT2D eigenvalue weighted by Gasteiger charge is 2.25. The van der Waals surface area contributed by atoms with Gasteiger partial charge in [0.15, 0.2) is 5.65 Å². The van der Waals surface area contributed by atoms with Gasteiger partial charge in [-0.15, -0.1) is 0 Å². The molecule has 2 heterocycles. The highest BCUT2D eigenvalue weighted by molar-refractivity contribution is 6.28. The predicted octanol–water partition coefficient (Wildman–Crippen LogP) is 3.67. The maximum absolute atomic E-state index is 5.87. The molecular formula is C14H19ClN4. The van der Waals surface area contributed by atoms with Crippen LogP contribution in [-0.2, 0) is 10.8 Å². The number of rotatable bonds is 0. The monoisotopic (exact) mass is 278 g/mol. The molecule has 0 radical (unpaired) electrons. The molecule has 19 heavy (non-hydrogen) atoms. The topological polar surface area (TPSA) is 51.6 Å². The third-order valence-electron chi connectivity index (χ3n) is 2.81. The quantitative estimate of drug-likeness (QED) is 0.690. The molecule has 0 aliphatic heterocycles. The molecule has 0 saturated carbocycles. The second kappa shape index (κ2) is 4.37. The average Bonchev–Trinajstić information content (AvgIpc) is 2.24. The van der Waals surface area contributed by atoms with Crippen LogP contribution in [0.1, 0.15) is 53.1 Å². The van der Waals surface area contributed by atoms with E-state index in [1.165, 1.54) is 0 Å². The van der Waals surface area contributed by atoms with Crippen molar-refractivity contribution in [2.75, 3.05) is 0 Å². The summed E-state index contributed by atoms with van der Waals surface area (Å²) < 4.78 is 0. The highest BCUT2D eigenvalue weighted by Crippen LogP contribution is 2.29. The maximum atomic E-state index is 5.87. The van der Waals surface area contributed by atoms with E-state index < -0.39 is 0 Å². The van der Waals surface area contributed by atoms with Gasteiger partial charge in [0.25, 0.3) is 0 Å². The largest absolute Gasteiger partial charge is 0.236 e. The molecule has 0 atom stereocenters. The Morgan fingerprint density at radius 2 is 1.53 bits per heavy atom. The summed E-state index contributed by atoms with van der Waals surface area (Å²) in [6, 6.07) is 0. The molecule has 0 saturated heterocycles. The van der Waals surface area contributed by atoms with Crippen molar-refractivity contribution in [3.05, 3.63) is 23.0 Å². The standard InChI is InChI=1S/C14H19ClN4/c1-13(2,3)9-8-7-16-12(15)19-10(8)18-11(17-9)14(4,5)6/h7H,1-6H3. The third-order valence-corrected chi connectivity index (χ3v) is 2.99. The van der Waals surface area contributed by atoms with Crippen molar-refractivity contribution in [3.8, 4) is 0 Å². The molecule has 102 valence electrons. The van der Waals surface area contributed by atoms with Crippen molar-refractivity contribution in [1.82, 2.24) is 19.9 Å². The molecular weight excluding hydrogens is 260 g/mol. The number of fused-ring (bicyclic) bond motifs is 1. The van der Waals surface area contributed by atoms with E-state index in [1.807, 2.05) is 0 Å². The summed E-state index contributed by atoms with van der Waals surface area (Å²) in [5.74, 6) is 0.777. The zero-order valence-corrected chi connectivity index (χ0v) is 13.0. The zero-order chi connectivity index (χ0) is 14.4. The van der Waals surface area contributed by atoms with Crippen molar-refractivity contribution in [2.45, 2.75) is 52.4 Å². The van der Waals surface area contributed by atoms with Crippen molar-refractivity contribution >= 4 is 22.6 Å². The fraction of sp³-hybridized carbons (Fsp3) is 0.571. The van der Waals surface area contributed by atoms with E-state index in [9.17, 15) is 0 Å². The summed E-state index contributed by atoms with van der Waals surface area (Å²) in [5.41, 5.74) is 1.34. The lowest BCUT2D eigenvalue weighted by atomic mass is 9.88. The minimum Gasteiger partial charge on any atom is -0.236 e. The van der Waals surface area contributed by atoms with E-state index >= 15 is 0 Å². The number of aromatic nitrogens is 4. The summed E-state index contributed by atoms with van der Waals surface area (Å²) in [5, 5.41) is 1.08. The Balaban J connectivity index is 2.84. The summed E-state index contributed by atoms with van der Waals surface area (Å²) >= 11 is 5.87. The van der Waals surface area contributed by atoms with Gasteiger partial charge in [-0.05, 0) is 11.6 Å². The smallest absolute Gasteiger partial charge is 0.224 e. The van der Waals surface area contributed by atoms with Crippen molar-refractivity contribution in [3.63, 3.8) is 0 Å². The Hall–Kier alpha value is -1.29. The van der Waals surface area contributed by atoms with Crippen molar-refractivity contribution < 1.29 is 0 Å². The number of hydrogen-bond donors (Lipinski definition) is 0. The first-order valence-corrected chi connectivity index (χ1v) is 6.68. The van der Waals surface area contributed by atoms with Crippen LogP contribution in [0.15, 0.2) is 6.20 Å². The second-order valence-corrected chi connectivity index (χ2v) is 7.11. The van der Waals surface area contributed by atoms with Crippen molar-refractivity contribution in [1.29, 1.82) is 0 Å². The van der Waals surface area contributed by atoms with Crippen LogP contribution in [0.4, 0.5) is 0 Å². The van der Waals surface area contributed by atoms with Crippen LogP contribution >= 0.6 is 11.6 Å². The first kappa shape index (κ1) is 14.1. The Bertz CT molecular complexity index is 624. The van der Waals surface area contributed by atoms with Crippen LogP contribution in [0.2, 0.25) is 5.28 Å². The van der Waals surface area contributed by atoms with Gasteiger partial charge in [-0.3, -0.25) is 0 Å². The van der Waals surface area contributed by atoms with Gasteiger partial charge in [-0.25, -0.2) is 15.0 Å². The molecule has 0 unspecified atom stereocenters. The van der Waals surface area contributed by atoms with Gasteiger partial charge in [-0.2, -0.15) is 4.98 Å². The summed E-state index contributed by atoms with van der Waals surface area (Å²) in [4.78, 5) is 17.5. The molecule has 0 aliphatic carbocycles. The number of nitrogens with zero attached hydrogens (tertiary/aromatic N) is 4. The van der Waals surface area contributed by atoms with Crippen LogP contribution in [-0.4, -0.2) is 19.9 Å². The van der Waals surface area contributed by atoms with E-state index in [4.69, 9.17) is 16.6 Å². The normalized spacial score (nSPS) is 13.0. The van der Waals surface area contributed by atoms with Gasteiger partial charge in [0.1, 0.15) is 5.82 Å². The number of hydrogen-bond acceptors (Lipinski definition) is 4. The molecule has 2 rings (SSSR count). The molecule has 0 amide bonds. The fourth-order valence-corrected chi connectivity index (χ4v) is 1.93. The van der Waals surface area contributed by atoms with E-state index in [2.05, 4.69) is 56.5 Å². The summed E-state index contributed by atoms with van der Waals surface area (Å²) in [6.45, 7) is 12.6. The molecule has 0 aliphatic rings. The van der Waals surface area contributed by atoms with Gasteiger partial charge in [0.2, 0.25) is 5.28 Å². The van der Waals surface area contributed by atoms with Gasteiger partial charge >= 0.3 is 0 Å². The minimum atomic E-state index is -0.133. The molecule has 0 spiro atoms. The van der Waals surface area contributed by atoms with Gasteiger partial charge in [-0.1, -0.05) is 41.5 Å². The molecule has 0 aromatic carbocycles. The van der Waals surface area contributed by atoms with Crippen molar-refractivity contribution in [2.24, 2.45) is 0 Å². The van der Waals surface area contributed by atoms with E-state index in [0.29, 0.717) is 5.65 Å². The molecule has 2 aromatic rings. The SMILES string of the molecule is CC(C)(C)c1nc(C(C)(C)C)c2cnc(Cl)nc2n1. The Morgan fingerprint density at radius 3 is 2.05 bits per heavy atom. The molecule has 4 nitrogen and oxygen atoms in total. The van der Waals surface area contributed by atoms with Crippen LogP contribution in [0.5, 0.6) is 0 Å². The summed E-state index contributed by atoms with van der Waals surface area (Å²) in [6.07, 6.45) is 1.71. The molecule has 0 bridgehead atoms. The molecule has 0 N–H and O–H groups in total. The maximum Gasteiger partial charge on any atom is 0.224 e. The Morgan fingerprint density at radius 1 is 0.895 bits per heavy atom. The van der Waals surface area contributed by atoms with Crippen LogP contribution < -0.4 is 0 Å². The highest BCUT2D eigenvalue weighted by atomic mass is 35.5. The third kappa shape index (κ3) is 2.84. The second-order valence-electron chi connectivity index (χ2n) is 6.77. The zero-order valence-electron chi connectivity index (χ0n) is 12.2. The fourth-order valence-electron chi connectivity index (χ4n) is 1.80.